The molecule has 0 radical (unpaired) electrons. The summed E-state index contributed by atoms with van der Waals surface area (Å²) in [5.41, 5.74) is -1.50. The van der Waals surface area contributed by atoms with Crippen molar-refractivity contribution in [3.8, 4) is 5.69 Å². The highest BCUT2D eigenvalue weighted by molar-refractivity contribution is 7.94. The van der Waals surface area contributed by atoms with E-state index in [1.807, 2.05) is 0 Å². The second-order valence-electron chi connectivity index (χ2n) is 7.15. The standard InChI is InChI=1S/C21H13Cl2FN2O5S2/c1-10-2-3-12-15(6-10)25-21(29)26(20(12)28)19-13(22)7-11(8-14(19)24)16(27)9-33(30,31)18-5-4-17(23)32-18/h2-8H,9H2,1H3,(H,25,29). The zero-order valence-corrected chi connectivity index (χ0v) is 19.8. The number of aryl methyl sites for hydroxylation is 1. The largest absolute Gasteiger partial charge is 0.333 e. The number of benzene rings is 2. The SMILES string of the molecule is Cc1ccc2c(=O)n(-c3c(F)cc(C(=O)CS(=O)(=O)c4ccc(Cl)s4)cc3Cl)c(=O)[nH]c2c1. The highest BCUT2D eigenvalue weighted by atomic mass is 35.5. The topological polar surface area (TPSA) is 106 Å². The minimum atomic E-state index is -4.01. The summed E-state index contributed by atoms with van der Waals surface area (Å²) < 4.78 is 40.6. The van der Waals surface area contributed by atoms with Crippen molar-refractivity contribution in [1.82, 2.24) is 9.55 Å². The van der Waals surface area contributed by atoms with E-state index in [4.69, 9.17) is 23.2 Å². The minimum Gasteiger partial charge on any atom is -0.306 e. The van der Waals surface area contributed by atoms with Crippen molar-refractivity contribution in [3.63, 3.8) is 0 Å². The number of aromatic nitrogens is 2. The van der Waals surface area contributed by atoms with Crippen LogP contribution in [0.2, 0.25) is 9.36 Å². The molecule has 2 aromatic heterocycles. The normalized spacial score (nSPS) is 11.8. The Morgan fingerprint density at radius 1 is 1.12 bits per heavy atom. The summed E-state index contributed by atoms with van der Waals surface area (Å²) in [6, 6.07) is 9.17. The molecule has 0 spiro atoms. The maximum atomic E-state index is 15.0. The number of hydrogen-bond donors (Lipinski definition) is 1. The summed E-state index contributed by atoms with van der Waals surface area (Å²) in [4.78, 5) is 40.5. The van der Waals surface area contributed by atoms with Crippen molar-refractivity contribution < 1.29 is 17.6 Å². The summed E-state index contributed by atoms with van der Waals surface area (Å²) in [6.07, 6.45) is 0. The Morgan fingerprint density at radius 3 is 2.48 bits per heavy atom. The zero-order valence-electron chi connectivity index (χ0n) is 16.7. The molecule has 4 rings (SSSR count). The van der Waals surface area contributed by atoms with Crippen molar-refractivity contribution in [1.29, 1.82) is 0 Å². The Morgan fingerprint density at radius 2 is 1.85 bits per heavy atom. The molecule has 0 atom stereocenters. The van der Waals surface area contributed by atoms with Gasteiger partial charge in [-0.2, -0.15) is 0 Å². The highest BCUT2D eigenvalue weighted by Gasteiger charge is 2.25. The molecule has 0 unspecified atom stereocenters. The number of carbonyl (C=O) groups is 1. The van der Waals surface area contributed by atoms with E-state index < -0.39 is 49.1 Å². The summed E-state index contributed by atoms with van der Waals surface area (Å²) in [7, 11) is -4.01. The van der Waals surface area contributed by atoms with Crippen LogP contribution in [0.3, 0.4) is 0 Å². The van der Waals surface area contributed by atoms with Gasteiger partial charge in [-0.15, -0.1) is 11.3 Å². The maximum absolute atomic E-state index is 15.0. The van der Waals surface area contributed by atoms with E-state index in [0.29, 0.717) is 4.57 Å². The fraction of sp³-hybridized carbons (Fsp3) is 0.0952. The van der Waals surface area contributed by atoms with Gasteiger partial charge in [0.2, 0.25) is 0 Å². The molecule has 0 saturated heterocycles. The quantitative estimate of drug-likeness (QED) is 0.393. The summed E-state index contributed by atoms with van der Waals surface area (Å²) in [5.74, 6) is -2.99. The molecule has 2 heterocycles. The lowest BCUT2D eigenvalue weighted by Gasteiger charge is -2.11. The number of fused-ring (bicyclic) bond motifs is 1. The number of Topliss-reactive ketones (excluding diaryl/α,β-unsaturated/α-hetero) is 1. The summed E-state index contributed by atoms with van der Waals surface area (Å²) in [6.45, 7) is 1.78. The number of ketones is 1. The molecule has 1 N–H and O–H groups in total. The first-order chi connectivity index (χ1) is 15.5. The van der Waals surface area contributed by atoms with E-state index in [2.05, 4.69) is 4.98 Å². The fourth-order valence-corrected chi connectivity index (χ4v) is 6.36. The molecule has 4 aromatic rings. The van der Waals surface area contributed by atoms with Crippen LogP contribution in [0.5, 0.6) is 0 Å². The number of halogens is 3. The van der Waals surface area contributed by atoms with Crippen LogP contribution >= 0.6 is 34.5 Å². The van der Waals surface area contributed by atoms with Gasteiger partial charge in [-0.3, -0.25) is 9.59 Å². The van der Waals surface area contributed by atoms with Crippen molar-refractivity contribution in [2.45, 2.75) is 11.1 Å². The maximum Gasteiger partial charge on any atom is 0.333 e. The van der Waals surface area contributed by atoms with Gasteiger partial charge < -0.3 is 4.98 Å². The molecular weight excluding hydrogens is 514 g/mol. The predicted molar refractivity (Wildman–Crippen MR) is 126 cm³/mol. The number of hydrogen-bond acceptors (Lipinski definition) is 6. The third kappa shape index (κ3) is 4.39. The number of aromatic amines is 1. The number of nitrogens with one attached hydrogen (secondary N) is 1. The van der Waals surface area contributed by atoms with Gasteiger partial charge in [-0.25, -0.2) is 22.2 Å². The lowest BCUT2D eigenvalue weighted by atomic mass is 10.1. The number of thiophene rings is 1. The molecule has 170 valence electrons. The van der Waals surface area contributed by atoms with Gasteiger partial charge in [0, 0.05) is 5.56 Å². The van der Waals surface area contributed by atoms with Gasteiger partial charge in [0.05, 0.1) is 20.3 Å². The molecule has 0 saturated carbocycles. The van der Waals surface area contributed by atoms with E-state index in [9.17, 15) is 22.8 Å². The number of rotatable bonds is 5. The average Bonchev–Trinajstić information content (AvgIpc) is 3.16. The van der Waals surface area contributed by atoms with Crippen LogP contribution < -0.4 is 11.2 Å². The van der Waals surface area contributed by atoms with Crippen LogP contribution in [0.4, 0.5) is 4.39 Å². The molecule has 12 heteroatoms. The number of nitrogens with zero attached hydrogens (tertiary/aromatic N) is 1. The van der Waals surface area contributed by atoms with Crippen molar-refractivity contribution in [2.24, 2.45) is 0 Å². The second-order valence-corrected chi connectivity index (χ2v) is 11.5. The molecular formula is C21H13Cl2FN2O5S2. The molecule has 0 bridgehead atoms. The molecule has 0 aliphatic heterocycles. The first-order valence-electron chi connectivity index (χ1n) is 9.24. The minimum absolute atomic E-state index is 0.103. The van der Waals surface area contributed by atoms with Crippen LogP contribution in [-0.2, 0) is 9.84 Å². The predicted octanol–water partition coefficient (Wildman–Crippen LogP) is 4.15. The lowest BCUT2D eigenvalue weighted by molar-refractivity contribution is 0.102. The summed E-state index contributed by atoms with van der Waals surface area (Å²) >= 11 is 12.7. The van der Waals surface area contributed by atoms with E-state index in [-0.39, 0.29) is 25.0 Å². The van der Waals surface area contributed by atoms with Gasteiger partial charge in [-0.05, 0) is 48.9 Å². The van der Waals surface area contributed by atoms with Crippen molar-refractivity contribution in [2.75, 3.05) is 5.75 Å². The Bertz CT molecular complexity index is 1650. The Hall–Kier alpha value is -2.79. The molecule has 33 heavy (non-hydrogen) atoms. The van der Waals surface area contributed by atoms with E-state index in [1.54, 1.807) is 19.1 Å². The summed E-state index contributed by atoms with van der Waals surface area (Å²) in [5, 5.41) is -0.273. The smallest absolute Gasteiger partial charge is 0.306 e. The average molecular weight is 527 g/mol. The van der Waals surface area contributed by atoms with Gasteiger partial charge in [0.15, 0.2) is 15.6 Å². The van der Waals surface area contributed by atoms with Gasteiger partial charge >= 0.3 is 5.69 Å². The number of carbonyl (C=O) groups excluding carboxylic acids is 1. The Labute approximate surface area is 199 Å². The fourth-order valence-electron chi connectivity index (χ4n) is 3.27. The van der Waals surface area contributed by atoms with Crippen LogP contribution in [0.25, 0.3) is 16.6 Å². The molecule has 0 amide bonds. The van der Waals surface area contributed by atoms with Gasteiger partial charge in [-0.1, -0.05) is 29.3 Å². The third-order valence-corrected chi connectivity index (χ3v) is 8.51. The molecule has 2 aromatic carbocycles. The molecule has 0 aliphatic carbocycles. The Balaban J connectivity index is 1.77. The van der Waals surface area contributed by atoms with Gasteiger partial charge in [0.25, 0.3) is 5.56 Å². The van der Waals surface area contributed by atoms with E-state index in [1.165, 1.54) is 18.2 Å². The number of sulfone groups is 1. The van der Waals surface area contributed by atoms with Gasteiger partial charge in [0.1, 0.15) is 21.5 Å². The van der Waals surface area contributed by atoms with Crippen LogP contribution in [0.1, 0.15) is 15.9 Å². The van der Waals surface area contributed by atoms with Crippen LogP contribution in [0, 0.1) is 12.7 Å². The third-order valence-electron chi connectivity index (χ3n) is 4.79. The first-order valence-corrected chi connectivity index (χ1v) is 12.5. The molecule has 0 aliphatic rings. The lowest BCUT2D eigenvalue weighted by Crippen LogP contribution is -2.34. The van der Waals surface area contributed by atoms with Crippen LogP contribution in [0.15, 0.2) is 56.3 Å². The highest BCUT2D eigenvalue weighted by Crippen LogP contribution is 2.28. The van der Waals surface area contributed by atoms with Crippen molar-refractivity contribution >= 4 is 61.1 Å². The zero-order chi connectivity index (χ0) is 24.1. The second kappa shape index (κ2) is 8.53. The first kappa shape index (κ1) is 23.4. The van der Waals surface area contributed by atoms with Crippen LogP contribution in [-0.4, -0.2) is 29.5 Å². The monoisotopic (exact) mass is 526 g/mol. The van der Waals surface area contributed by atoms with Crippen molar-refractivity contribution in [3.05, 3.63) is 89.6 Å². The molecule has 0 fully saturated rings. The number of H-pyrrole nitrogens is 1. The van der Waals surface area contributed by atoms with E-state index >= 15 is 4.39 Å². The Kier molecular flexibility index (Phi) is 6.04. The molecule has 7 nitrogen and oxygen atoms in total. The van der Waals surface area contributed by atoms with E-state index in [0.717, 1.165) is 29.0 Å².